The number of nitrogens with zero attached hydrogens (tertiary/aromatic N) is 1. The second kappa shape index (κ2) is 9.98. The fourth-order valence-corrected chi connectivity index (χ4v) is 1.69. The quantitative estimate of drug-likeness (QED) is 0.598. The van der Waals surface area contributed by atoms with E-state index < -0.39 is 47.9 Å². The highest BCUT2D eigenvalue weighted by Crippen LogP contribution is 2.10. The van der Waals surface area contributed by atoms with Crippen molar-refractivity contribution in [1.82, 2.24) is 15.5 Å². The van der Waals surface area contributed by atoms with E-state index in [1.54, 1.807) is 41.5 Å². The Balaban J connectivity index is 4.84. The predicted octanol–water partition coefficient (Wildman–Crippen LogP) is 1.34. The van der Waals surface area contributed by atoms with Crippen LogP contribution in [0, 0.1) is 0 Å². The van der Waals surface area contributed by atoms with Crippen LogP contribution < -0.4 is 10.6 Å². The smallest absolute Gasteiger partial charge is 0.410 e. The maximum absolute atomic E-state index is 12.3. The summed E-state index contributed by atoms with van der Waals surface area (Å²) < 4.78 is 10.3. The third-order valence-electron chi connectivity index (χ3n) is 2.78. The molecule has 0 unspecified atom stereocenters. The van der Waals surface area contributed by atoms with Crippen LogP contribution in [0.1, 0.15) is 48.5 Å². The number of hydrogen-bond acceptors (Lipinski definition) is 6. The summed E-state index contributed by atoms with van der Waals surface area (Å²) >= 11 is 0. The average molecular weight is 389 g/mol. The van der Waals surface area contributed by atoms with E-state index in [2.05, 4.69) is 10.6 Å². The van der Waals surface area contributed by atoms with Gasteiger partial charge in [0.2, 0.25) is 5.91 Å². The Morgan fingerprint density at radius 2 is 1.52 bits per heavy atom. The molecule has 0 aliphatic rings. The Labute approximate surface area is 159 Å². The van der Waals surface area contributed by atoms with Crippen molar-refractivity contribution in [2.24, 2.45) is 0 Å². The molecule has 10 heteroatoms. The minimum atomic E-state index is -1.20. The zero-order valence-corrected chi connectivity index (χ0v) is 17.0. The molecule has 0 spiro atoms. The Morgan fingerprint density at radius 1 is 1.00 bits per heavy atom. The van der Waals surface area contributed by atoms with Crippen LogP contribution in [0.15, 0.2) is 0 Å². The summed E-state index contributed by atoms with van der Waals surface area (Å²) in [6.07, 6.45) is -1.41. The van der Waals surface area contributed by atoms with Gasteiger partial charge in [0.25, 0.3) is 0 Å². The van der Waals surface area contributed by atoms with E-state index in [-0.39, 0.29) is 13.1 Å². The van der Waals surface area contributed by atoms with E-state index in [4.69, 9.17) is 14.6 Å². The van der Waals surface area contributed by atoms with Crippen molar-refractivity contribution in [3.8, 4) is 0 Å². The number of hydrogen-bond donors (Lipinski definition) is 3. The molecular formula is C17H31N3O7. The van der Waals surface area contributed by atoms with Gasteiger partial charge in [-0.2, -0.15) is 0 Å². The molecule has 0 aromatic carbocycles. The summed E-state index contributed by atoms with van der Waals surface area (Å²) in [5, 5.41) is 13.6. The SMILES string of the molecule is C[C@H](NC(=O)CN(CCNC(=O)OC(C)(C)C)C(=O)OC(C)(C)C)C(=O)O. The summed E-state index contributed by atoms with van der Waals surface area (Å²) in [6.45, 7) is 11.1. The van der Waals surface area contributed by atoms with Gasteiger partial charge in [-0.25, -0.2) is 9.59 Å². The molecule has 0 fully saturated rings. The van der Waals surface area contributed by atoms with Crippen LogP contribution in [0.2, 0.25) is 0 Å². The van der Waals surface area contributed by atoms with Crippen molar-refractivity contribution < 1.29 is 33.8 Å². The van der Waals surface area contributed by atoms with Gasteiger partial charge in [0.1, 0.15) is 23.8 Å². The van der Waals surface area contributed by atoms with E-state index in [0.29, 0.717) is 0 Å². The second-order valence-corrected chi connectivity index (χ2v) is 7.96. The minimum Gasteiger partial charge on any atom is -0.480 e. The van der Waals surface area contributed by atoms with Crippen molar-refractivity contribution >= 4 is 24.1 Å². The van der Waals surface area contributed by atoms with Crippen molar-refractivity contribution in [3.63, 3.8) is 0 Å². The van der Waals surface area contributed by atoms with Gasteiger partial charge in [-0.05, 0) is 48.5 Å². The lowest BCUT2D eigenvalue weighted by atomic mass is 10.2. The Hall–Kier alpha value is -2.52. The number of nitrogens with one attached hydrogen (secondary N) is 2. The summed E-state index contributed by atoms with van der Waals surface area (Å²) in [7, 11) is 0. The Bertz CT molecular complexity index is 550. The Kier molecular flexibility index (Phi) is 9.05. The van der Waals surface area contributed by atoms with Gasteiger partial charge < -0.3 is 25.2 Å². The van der Waals surface area contributed by atoms with E-state index in [1.807, 2.05) is 0 Å². The first kappa shape index (κ1) is 24.5. The molecule has 0 radical (unpaired) electrons. The number of amides is 3. The number of alkyl carbamates (subject to hydrolysis) is 1. The maximum atomic E-state index is 12.3. The van der Waals surface area contributed by atoms with E-state index in [0.717, 1.165) is 4.90 Å². The van der Waals surface area contributed by atoms with Crippen LogP contribution in [0.25, 0.3) is 0 Å². The highest BCUT2D eigenvalue weighted by atomic mass is 16.6. The van der Waals surface area contributed by atoms with E-state index >= 15 is 0 Å². The zero-order chi connectivity index (χ0) is 21.4. The number of carbonyl (C=O) groups excluding carboxylic acids is 3. The molecule has 0 saturated heterocycles. The van der Waals surface area contributed by atoms with Crippen molar-refractivity contribution in [1.29, 1.82) is 0 Å². The van der Waals surface area contributed by atoms with Gasteiger partial charge in [-0.3, -0.25) is 14.5 Å². The van der Waals surface area contributed by atoms with Crippen molar-refractivity contribution in [2.75, 3.05) is 19.6 Å². The summed E-state index contributed by atoms with van der Waals surface area (Å²) in [6, 6.07) is -1.10. The van der Waals surface area contributed by atoms with Gasteiger partial charge in [-0.1, -0.05) is 0 Å². The molecule has 156 valence electrons. The first-order valence-electron chi connectivity index (χ1n) is 8.57. The summed E-state index contributed by atoms with van der Waals surface area (Å²) in [4.78, 5) is 47.8. The molecule has 10 nitrogen and oxygen atoms in total. The lowest BCUT2D eigenvalue weighted by Gasteiger charge is -2.27. The molecule has 0 bridgehead atoms. The maximum Gasteiger partial charge on any atom is 0.410 e. The highest BCUT2D eigenvalue weighted by molar-refractivity contribution is 5.86. The van der Waals surface area contributed by atoms with Crippen LogP contribution in [0.4, 0.5) is 9.59 Å². The average Bonchev–Trinajstić information content (AvgIpc) is 2.41. The number of rotatable bonds is 7. The molecule has 0 aliphatic carbocycles. The van der Waals surface area contributed by atoms with Crippen LogP contribution >= 0.6 is 0 Å². The van der Waals surface area contributed by atoms with Gasteiger partial charge in [0.05, 0.1) is 0 Å². The van der Waals surface area contributed by atoms with Gasteiger partial charge >= 0.3 is 18.2 Å². The van der Waals surface area contributed by atoms with E-state index in [1.165, 1.54) is 6.92 Å². The topological polar surface area (TPSA) is 134 Å². The van der Waals surface area contributed by atoms with Crippen LogP contribution in [0.3, 0.4) is 0 Å². The molecular weight excluding hydrogens is 358 g/mol. The molecule has 27 heavy (non-hydrogen) atoms. The Morgan fingerprint density at radius 3 is 1.96 bits per heavy atom. The predicted molar refractivity (Wildman–Crippen MR) is 97.3 cm³/mol. The lowest BCUT2D eigenvalue weighted by molar-refractivity contribution is -0.141. The second-order valence-electron chi connectivity index (χ2n) is 7.96. The fourth-order valence-electron chi connectivity index (χ4n) is 1.69. The number of ether oxygens (including phenoxy) is 2. The summed E-state index contributed by atoms with van der Waals surface area (Å²) in [5.74, 6) is -1.85. The number of carboxylic acid groups (broad SMARTS) is 1. The highest BCUT2D eigenvalue weighted by Gasteiger charge is 2.25. The normalized spacial score (nSPS) is 12.6. The zero-order valence-electron chi connectivity index (χ0n) is 17.0. The minimum absolute atomic E-state index is 0.0237. The molecule has 0 aromatic heterocycles. The van der Waals surface area contributed by atoms with Crippen LogP contribution in [-0.2, 0) is 19.1 Å². The van der Waals surface area contributed by atoms with Gasteiger partial charge in [0, 0.05) is 13.1 Å². The largest absolute Gasteiger partial charge is 0.480 e. The van der Waals surface area contributed by atoms with Gasteiger partial charge in [-0.15, -0.1) is 0 Å². The number of carboxylic acids is 1. The first-order chi connectivity index (χ1) is 12.1. The first-order valence-corrected chi connectivity index (χ1v) is 8.57. The van der Waals surface area contributed by atoms with Crippen LogP contribution in [0.5, 0.6) is 0 Å². The van der Waals surface area contributed by atoms with Crippen molar-refractivity contribution in [2.45, 2.75) is 65.7 Å². The molecule has 0 aliphatic heterocycles. The molecule has 0 rings (SSSR count). The van der Waals surface area contributed by atoms with Gasteiger partial charge in [0.15, 0.2) is 0 Å². The number of aliphatic carboxylic acids is 1. The van der Waals surface area contributed by atoms with Crippen LogP contribution in [-0.4, -0.2) is 70.9 Å². The summed E-state index contributed by atoms with van der Waals surface area (Å²) in [5.41, 5.74) is -1.44. The third-order valence-corrected chi connectivity index (χ3v) is 2.78. The molecule has 0 aromatic rings. The standard InChI is InChI=1S/C17H31N3O7/c1-11(13(22)23)19-12(21)10-20(15(25)27-17(5,6)7)9-8-18-14(24)26-16(2,3)4/h11H,8-10H2,1-7H3,(H,18,24)(H,19,21)(H,22,23)/t11-/m0/s1. The van der Waals surface area contributed by atoms with E-state index in [9.17, 15) is 19.2 Å². The fraction of sp³-hybridized carbons (Fsp3) is 0.765. The lowest BCUT2D eigenvalue weighted by Crippen LogP contribution is -2.49. The monoisotopic (exact) mass is 389 g/mol. The molecule has 3 amide bonds. The van der Waals surface area contributed by atoms with Crippen molar-refractivity contribution in [3.05, 3.63) is 0 Å². The number of carbonyl (C=O) groups is 4. The molecule has 3 N–H and O–H groups in total. The molecule has 0 heterocycles. The third kappa shape index (κ3) is 12.5. The molecule has 0 saturated carbocycles. The molecule has 1 atom stereocenters.